The molecule has 0 spiro atoms. The van der Waals surface area contributed by atoms with Gasteiger partial charge in [0.1, 0.15) is 5.78 Å². The number of carbonyl (C=O) groups excluding carboxylic acids is 1. The molecule has 4 heteroatoms. The average molecular weight is 176 g/mol. The van der Waals surface area contributed by atoms with Gasteiger partial charge in [0.05, 0.1) is 5.25 Å². The minimum absolute atomic E-state index is 0.0898. The van der Waals surface area contributed by atoms with E-state index in [4.69, 9.17) is 0 Å². The average Bonchev–Trinajstić information content (AvgIpc) is 2.36. The van der Waals surface area contributed by atoms with Crippen LogP contribution in [0.15, 0.2) is 0 Å². The van der Waals surface area contributed by atoms with Gasteiger partial charge in [0, 0.05) is 18.6 Å². The monoisotopic (exact) mass is 176 g/mol. The molecule has 0 amide bonds. The Hall–Kier alpha value is -0.380. The first-order valence-electron chi connectivity index (χ1n) is 3.79. The largest absolute Gasteiger partial charge is 0.300 e. The van der Waals surface area contributed by atoms with E-state index in [0.29, 0.717) is 12.8 Å². The quantitative estimate of drug-likeness (QED) is 0.617. The Morgan fingerprint density at radius 2 is 2.18 bits per heavy atom. The summed E-state index contributed by atoms with van der Waals surface area (Å²) in [6, 6.07) is 0. The minimum Gasteiger partial charge on any atom is -0.300 e. The topological polar surface area (TPSA) is 51.2 Å². The maximum atomic E-state index is 11.2. The summed E-state index contributed by atoms with van der Waals surface area (Å²) < 4.78 is 22.4. The summed E-state index contributed by atoms with van der Waals surface area (Å²) >= 11 is 0. The molecular weight excluding hydrogens is 164 g/mol. The summed E-state index contributed by atoms with van der Waals surface area (Å²) in [5.41, 5.74) is 0. The fourth-order valence-corrected chi connectivity index (χ4v) is 2.71. The standard InChI is InChI=1S/C7H12O3S/c1-2-11(9,10)7-4-3-6(8)5-7/h7H,2-5H2,1H3. The maximum absolute atomic E-state index is 11.2. The third-order valence-corrected chi connectivity index (χ3v) is 4.33. The SMILES string of the molecule is CCS(=O)(=O)C1CCC(=O)C1. The van der Waals surface area contributed by atoms with Crippen molar-refractivity contribution in [3.8, 4) is 0 Å². The van der Waals surface area contributed by atoms with Crippen LogP contribution in [0.25, 0.3) is 0 Å². The van der Waals surface area contributed by atoms with Gasteiger partial charge in [0.25, 0.3) is 0 Å². The zero-order chi connectivity index (χ0) is 8.48. The number of sulfone groups is 1. The molecule has 0 aromatic carbocycles. The van der Waals surface area contributed by atoms with Gasteiger partial charge in [-0.15, -0.1) is 0 Å². The Morgan fingerprint density at radius 3 is 2.55 bits per heavy atom. The van der Waals surface area contributed by atoms with E-state index >= 15 is 0 Å². The molecule has 0 bridgehead atoms. The third kappa shape index (κ3) is 1.80. The van der Waals surface area contributed by atoms with Gasteiger partial charge in [-0.2, -0.15) is 0 Å². The Bertz CT molecular complexity index is 253. The second-order valence-corrected chi connectivity index (χ2v) is 5.42. The molecule has 11 heavy (non-hydrogen) atoms. The molecule has 0 aromatic rings. The van der Waals surface area contributed by atoms with E-state index in [9.17, 15) is 13.2 Å². The summed E-state index contributed by atoms with van der Waals surface area (Å²) in [4.78, 5) is 10.8. The lowest BCUT2D eigenvalue weighted by Gasteiger charge is -2.06. The van der Waals surface area contributed by atoms with E-state index in [1.807, 2.05) is 0 Å². The number of Topliss-reactive ketones (excluding diaryl/α,β-unsaturated/α-hetero) is 1. The molecule has 1 unspecified atom stereocenters. The summed E-state index contributed by atoms with van der Waals surface area (Å²) in [5.74, 6) is 0.248. The highest BCUT2D eigenvalue weighted by Gasteiger charge is 2.31. The summed E-state index contributed by atoms with van der Waals surface area (Å²) in [6.07, 6.45) is 1.23. The molecule has 0 heterocycles. The predicted octanol–water partition coefficient (Wildman–Crippen LogP) is 0.543. The highest BCUT2D eigenvalue weighted by atomic mass is 32.2. The van der Waals surface area contributed by atoms with Crippen molar-refractivity contribution >= 4 is 15.6 Å². The molecule has 0 aromatic heterocycles. The van der Waals surface area contributed by atoms with Crippen molar-refractivity contribution in [3.63, 3.8) is 0 Å². The Kier molecular flexibility index (Phi) is 2.32. The van der Waals surface area contributed by atoms with Gasteiger partial charge in [-0.1, -0.05) is 6.92 Å². The lowest BCUT2D eigenvalue weighted by Crippen LogP contribution is -2.19. The van der Waals surface area contributed by atoms with Gasteiger partial charge in [0.15, 0.2) is 9.84 Å². The van der Waals surface area contributed by atoms with E-state index in [-0.39, 0.29) is 23.2 Å². The van der Waals surface area contributed by atoms with E-state index in [1.54, 1.807) is 6.92 Å². The normalized spacial score (nSPS) is 25.9. The maximum Gasteiger partial charge on any atom is 0.153 e. The smallest absolute Gasteiger partial charge is 0.153 e. The molecule has 0 aliphatic heterocycles. The number of carbonyl (C=O) groups is 1. The van der Waals surface area contributed by atoms with Crippen molar-refractivity contribution in [1.29, 1.82) is 0 Å². The van der Waals surface area contributed by atoms with E-state index < -0.39 is 9.84 Å². The molecule has 0 N–H and O–H groups in total. The molecule has 0 radical (unpaired) electrons. The predicted molar refractivity (Wildman–Crippen MR) is 42.1 cm³/mol. The molecular formula is C7H12O3S. The molecule has 64 valence electrons. The number of hydrogen-bond donors (Lipinski definition) is 0. The Morgan fingerprint density at radius 1 is 1.55 bits per heavy atom. The zero-order valence-electron chi connectivity index (χ0n) is 6.54. The number of rotatable bonds is 2. The van der Waals surface area contributed by atoms with Gasteiger partial charge in [-0.3, -0.25) is 4.79 Å². The summed E-state index contributed by atoms with van der Waals surface area (Å²) in [5, 5.41) is -0.375. The van der Waals surface area contributed by atoms with Gasteiger partial charge in [-0.25, -0.2) is 8.42 Å². The fraction of sp³-hybridized carbons (Fsp3) is 0.857. The molecule has 1 aliphatic rings. The van der Waals surface area contributed by atoms with Crippen LogP contribution >= 0.6 is 0 Å². The van der Waals surface area contributed by atoms with Crippen molar-refractivity contribution in [1.82, 2.24) is 0 Å². The minimum atomic E-state index is -2.95. The lowest BCUT2D eigenvalue weighted by molar-refractivity contribution is -0.117. The number of hydrogen-bond acceptors (Lipinski definition) is 3. The van der Waals surface area contributed by atoms with Gasteiger partial charge in [0.2, 0.25) is 0 Å². The van der Waals surface area contributed by atoms with Crippen LogP contribution in [0.5, 0.6) is 0 Å². The van der Waals surface area contributed by atoms with Crippen molar-refractivity contribution in [2.24, 2.45) is 0 Å². The van der Waals surface area contributed by atoms with Crippen LogP contribution in [0.1, 0.15) is 26.2 Å². The van der Waals surface area contributed by atoms with Gasteiger partial charge in [-0.05, 0) is 6.42 Å². The molecule has 3 nitrogen and oxygen atoms in total. The molecule has 1 aliphatic carbocycles. The van der Waals surface area contributed by atoms with Gasteiger partial charge < -0.3 is 0 Å². The highest BCUT2D eigenvalue weighted by Crippen LogP contribution is 2.22. The first-order valence-corrected chi connectivity index (χ1v) is 5.51. The highest BCUT2D eigenvalue weighted by molar-refractivity contribution is 7.92. The fourth-order valence-electron chi connectivity index (χ4n) is 1.32. The van der Waals surface area contributed by atoms with Crippen LogP contribution in [-0.2, 0) is 14.6 Å². The van der Waals surface area contributed by atoms with Crippen LogP contribution in [-0.4, -0.2) is 25.2 Å². The Labute approximate surface area is 66.7 Å². The van der Waals surface area contributed by atoms with Crippen molar-refractivity contribution in [2.45, 2.75) is 31.4 Å². The van der Waals surface area contributed by atoms with E-state index in [2.05, 4.69) is 0 Å². The van der Waals surface area contributed by atoms with Crippen molar-refractivity contribution < 1.29 is 13.2 Å². The molecule has 1 saturated carbocycles. The first kappa shape index (κ1) is 8.71. The van der Waals surface area contributed by atoms with Crippen LogP contribution in [0.3, 0.4) is 0 Å². The van der Waals surface area contributed by atoms with Gasteiger partial charge >= 0.3 is 0 Å². The van der Waals surface area contributed by atoms with E-state index in [0.717, 1.165) is 0 Å². The van der Waals surface area contributed by atoms with Crippen molar-refractivity contribution in [2.75, 3.05) is 5.75 Å². The van der Waals surface area contributed by atoms with E-state index in [1.165, 1.54) is 0 Å². The zero-order valence-corrected chi connectivity index (χ0v) is 7.36. The lowest BCUT2D eigenvalue weighted by atomic mass is 10.4. The van der Waals surface area contributed by atoms with Crippen LogP contribution in [0, 0.1) is 0 Å². The molecule has 0 saturated heterocycles. The summed E-state index contributed by atoms with van der Waals surface area (Å²) in [6.45, 7) is 1.62. The van der Waals surface area contributed by atoms with Crippen LogP contribution in [0.4, 0.5) is 0 Å². The molecule has 1 atom stereocenters. The summed E-state index contributed by atoms with van der Waals surface area (Å²) in [7, 11) is -2.95. The van der Waals surface area contributed by atoms with Crippen LogP contribution in [0.2, 0.25) is 0 Å². The van der Waals surface area contributed by atoms with Crippen LogP contribution < -0.4 is 0 Å². The molecule has 1 rings (SSSR count). The van der Waals surface area contributed by atoms with Crippen molar-refractivity contribution in [3.05, 3.63) is 0 Å². The Balaban J connectivity index is 2.71. The second kappa shape index (κ2) is 2.93. The third-order valence-electron chi connectivity index (χ3n) is 2.11. The molecule has 1 fully saturated rings. The first-order chi connectivity index (χ1) is 5.06. The second-order valence-electron chi connectivity index (χ2n) is 2.86. The number of ketones is 1.